The van der Waals surface area contributed by atoms with E-state index in [1.165, 1.54) is 11.8 Å². The average molecular weight is 380 g/mol. The van der Waals surface area contributed by atoms with Gasteiger partial charge in [0, 0.05) is 32.7 Å². The standard InChI is InChI=1S/C19H25NO3S2/c1-19(15-20,25-18(24)16-7-3-2-4-8-16)11-10-17(22)9-5-13-23-14-6-12-21/h2-4,7-8,21H,5-6,9-14H2,1H3. The lowest BCUT2D eigenvalue weighted by Gasteiger charge is -2.21. The molecule has 1 rings (SSSR count). The van der Waals surface area contributed by atoms with Crippen LogP contribution in [0.5, 0.6) is 0 Å². The molecule has 0 spiro atoms. The zero-order valence-electron chi connectivity index (χ0n) is 14.6. The first kappa shape index (κ1) is 21.8. The summed E-state index contributed by atoms with van der Waals surface area (Å²) in [5.41, 5.74) is 0.926. The van der Waals surface area contributed by atoms with Crippen molar-refractivity contribution in [1.82, 2.24) is 0 Å². The smallest absolute Gasteiger partial charge is 0.133 e. The summed E-state index contributed by atoms with van der Waals surface area (Å²) in [4.78, 5) is 12.0. The predicted molar refractivity (Wildman–Crippen MR) is 106 cm³/mol. The zero-order valence-corrected chi connectivity index (χ0v) is 16.2. The van der Waals surface area contributed by atoms with Gasteiger partial charge in [0.25, 0.3) is 0 Å². The number of Topliss-reactive ketones (excluding diaryl/α,β-unsaturated/α-hetero) is 1. The summed E-state index contributed by atoms with van der Waals surface area (Å²) in [7, 11) is 0. The lowest BCUT2D eigenvalue weighted by Crippen LogP contribution is -2.21. The molecule has 1 unspecified atom stereocenters. The second-order valence-corrected chi connectivity index (χ2v) is 8.11. The fourth-order valence-corrected chi connectivity index (χ4v) is 3.71. The van der Waals surface area contributed by atoms with E-state index in [1.807, 2.05) is 37.3 Å². The monoisotopic (exact) mass is 379 g/mol. The quantitative estimate of drug-likeness (QED) is 0.439. The minimum absolute atomic E-state index is 0.119. The van der Waals surface area contributed by atoms with E-state index in [9.17, 15) is 10.1 Å². The van der Waals surface area contributed by atoms with Crippen molar-refractivity contribution >= 4 is 34.0 Å². The highest BCUT2D eigenvalue weighted by atomic mass is 32.2. The molecule has 1 aromatic carbocycles. The zero-order chi connectivity index (χ0) is 18.5. The van der Waals surface area contributed by atoms with Gasteiger partial charge in [-0.15, -0.1) is 0 Å². The molecule has 0 aliphatic carbocycles. The lowest BCUT2D eigenvalue weighted by molar-refractivity contribution is -0.119. The molecule has 0 aromatic heterocycles. The Hall–Kier alpha value is -1.26. The number of benzene rings is 1. The topological polar surface area (TPSA) is 70.3 Å². The van der Waals surface area contributed by atoms with Gasteiger partial charge in [0.2, 0.25) is 0 Å². The number of nitriles is 1. The van der Waals surface area contributed by atoms with Gasteiger partial charge < -0.3 is 9.84 Å². The summed E-state index contributed by atoms with van der Waals surface area (Å²) in [5, 5.41) is 18.2. The van der Waals surface area contributed by atoms with E-state index in [4.69, 9.17) is 22.1 Å². The first-order valence-electron chi connectivity index (χ1n) is 8.41. The Morgan fingerprint density at radius 2 is 1.96 bits per heavy atom. The van der Waals surface area contributed by atoms with Crippen molar-refractivity contribution in [2.24, 2.45) is 0 Å². The van der Waals surface area contributed by atoms with Crippen LogP contribution in [-0.4, -0.2) is 39.7 Å². The Labute approximate surface area is 159 Å². The highest BCUT2D eigenvalue weighted by Crippen LogP contribution is 2.33. The van der Waals surface area contributed by atoms with E-state index in [-0.39, 0.29) is 12.4 Å². The largest absolute Gasteiger partial charge is 0.396 e. The number of carbonyl (C=O) groups is 1. The Morgan fingerprint density at radius 1 is 1.28 bits per heavy atom. The number of ketones is 1. The van der Waals surface area contributed by atoms with Gasteiger partial charge in [-0.05, 0) is 31.7 Å². The van der Waals surface area contributed by atoms with Crippen LogP contribution in [0.25, 0.3) is 0 Å². The number of nitrogens with zero attached hydrogens (tertiary/aromatic N) is 1. The van der Waals surface area contributed by atoms with Crippen LogP contribution in [0.1, 0.15) is 44.6 Å². The summed E-state index contributed by atoms with van der Waals surface area (Å²) in [6.45, 7) is 2.99. The number of aliphatic hydroxyl groups is 1. The molecular weight excluding hydrogens is 354 g/mol. The number of hydrogen-bond donors (Lipinski definition) is 1. The van der Waals surface area contributed by atoms with E-state index >= 15 is 0 Å². The third-order valence-corrected chi connectivity index (χ3v) is 5.29. The van der Waals surface area contributed by atoms with Gasteiger partial charge in [-0.1, -0.05) is 54.3 Å². The summed E-state index contributed by atoms with van der Waals surface area (Å²) in [6.07, 6.45) is 2.58. The normalized spacial score (nSPS) is 13.0. The van der Waals surface area contributed by atoms with Crippen LogP contribution in [0.15, 0.2) is 30.3 Å². The van der Waals surface area contributed by atoms with Crippen LogP contribution in [0.4, 0.5) is 0 Å². The van der Waals surface area contributed by atoms with Crippen LogP contribution in [0.3, 0.4) is 0 Å². The fraction of sp³-hybridized carbons (Fsp3) is 0.526. The van der Waals surface area contributed by atoms with Gasteiger partial charge >= 0.3 is 0 Å². The SMILES string of the molecule is CC(C#N)(CCC(=O)CCCOCCCO)SC(=S)c1ccccc1. The van der Waals surface area contributed by atoms with E-state index < -0.39 is 4.75 Å². The van der Waals surface area contributed by atoms with Gasteiger partial charge in [-0.2, -0.15) is 5.26 Å². The van der Waals surface area contributed by atoms with Crippen LogP contribution in [0.2, 0.25) is 0 Å². The number of carbonyl (C=O) groups excluding carboxylic acids is 1. The van der Waals surface area contributed by atoms with Crippen LogP contribution >= 0.6 is 24.0 Å². The molecule has 0 saturated heterocycles. The number of thiocarbonyl (C=S) groups is 1. The van der Waals surface area contributed by atoms with Gasteiger partial charge in [0.15, 0.2) is 0 Å². The Morgan fingerprint density at radius 3 is 2.60 bits per heavy atom. The Kier molecular flexibility index (Phi) is 10.6. The lowest BCUT2D eigenvalue weighted by atomic mass is 10.0. The van der Waals surface area contributed by atoms with E-state index in [0.29, 0.717) is 49.5 Å². The molecule has 1 N–H and O–H groups in total. The molecular formula is C19H25NO3S2. The third kappa shape index (κ3) is 9.13. The van der Waals surface area contributed by atoms with Crippen molar-refractivity contribution < 1.29 is 14.6 Å². The maximum Gasteiger partial charge on any atom is 0.133 e. The number of rotatable bonds is 12. The highest BCUT2D eigenvalue weighted by molar-refractivity contribution is 8.24. The molecule has 0 saturated carbocycles. The molecule has 0 bridgehead atoms. The average Bonchev–Trinajstić information content (AvgIpc) is 2.63. The van der Waals surface area contributed by atoms with Crippen LogP contribution < -0.4 is 0 Å². The molecule has 1 aromatic rings. The summed E-state index contributed by atoms with van der Waals surface area (Å²) in [5.74, 6) is 0.137. The van der Waals surface area contributed by atoms with E-state index in [0.717, 1.165) is 5.56 Å². The summed E-state index contributed by atoms with van der Waals surface area (Å²) >= 11 is 6.78. The van der Waals surface area contributed by atoms with Crippen LogP contribution in [0, 0.1) is 11.3 Å². The predicted octanol–water partition coefficient (Wildman–Crippen LogP) is 3.91. The van der Waals surface area contributed by atoms with Crippen molar-refractivity contribution in [3.05, 3.63) is 35.9 Å². The molecule has 0 aliphatic heterocycles. The fourth-order valence-electron chi connectivity index (χ4n) is 2.11. The summed E-state index contributed by atoms with van der Waals surface area (Å²) in [6, 6.07) is 11.9. The molecule has 0 heterocycles. The first-order chi connectivity index (χ1) is 12.0. The second-order valence-electron chi connectivity index (χ2n) is 5.93. The third-order valence-electron chi connectivity index (χ3n) is 3.64. The van der Waals surface area contributed by atoms with E-state index in [1.54, 1.807) is 0 Å². The molecule has 25 heavy (non-hydrogen) atoms. The van der Waals surface area contributed by atoms with Crippen molar-refractivity contribution in [3.63, 3.8) is 0 Å². The maximum absolute atomic E-state index is 12.0. The van der Waals surface area contributed by atoms with Crippen molar-refractivity contribution in [1.29, 1.82) is 5.26 Å². The number of ether oxygens (including phenoxy) is 1. The first-order valence-corrected chi connectivity index (χ1v) is 9.63. The van der Waals surface area contributed by atoms with Gasteiger partial charge in [-0.25, -0.2) is 0 Å². The Bertz CT molecular complexity index is 586. The number of hydrogen-bond acceptors (Lipinski definition) is 6. The molecule has 0 amide bonds. The molecule has 0 aliphatic rings. The maximum atomic E-state index is 12.0. The molecule has 136 valence electrons. The Balaban J connectivity index is 2.35. The number of aliphatic hydroxyl groups excluding tert-OH is 1. The van der Waals surface area contributed by atoms with Crippen molar-refractivity contribution in [3.8, 4) is 6.07 Å². The van der Waals surface area contributed by atoms with Gasteiger partial charge in [-0.3, -0.25) is 4.79 Å². The molecule has 4 nitrogen and oxygen atoms in total. The highest BCUT2D eigenvalue weighted by Gasteiger charge is 2.27. The van der Waals surface area contributed by atoms with Gasteiger partial charge in [0.05, 0.1) is 10.3 Å². The molecule has 6 heteroatoms. The molecule has 0 radical (unpaired) electrons. The number of thioether (sulfide) groups is 1. The van der Waals surface area contributed by atoms with Gasteiger partial charge in [0.1, 0.15) is 10.5 Å². The van der Waals surface area contributed by atoms with Crippen molar-refractivity contribution in [2.45, 2.75) is 43.8 Å². The van der Waals surface area contributed by atoms with E-state index in [2.05, 4.69) is 6.07 Å². The minimum Gasteiger partial charge on any atom is -0.396 e. The second kappa shape index (κ2) is 12.2. The van der Waals surface area contributed by atoms with Crippen LogP contribution in [-0.2, 0) is 9.53 Å². The minimum atomic E-state index is -0.708. The van der Waals surface area contributed by atoms with Crippen molar-refractivity contribution in [2.75, 3.05) is 19.8 Å². The molecule has 1 atom stereocenters. The summed E-state index contributed by atoms with van der Waals surface area (Å²) < 4.78 is 5.27. The molecule has 0 fully saturated rings.